The van der Waals surface area contributed by atoms with Gasteiger partial charge < -0.3 is 19.9 Å². The van der Waals surface area contributed by atoms with Crippen LogP contribution in [0.25, 0.3) is 5.13 Å². The third kappa shape index (κ3) is 3.85. The predicted molar refractivity (Wildman–Crippen MR) is 110 cm³/mol. The number of benzene rings is 1. The number of nitrogens with one attached hydrogen (secondary N) is 1. The number of nitrogens with zero attached hydrogens (tertiary/aromatic N) is 5. The summed E-state index contributed by atoms with van der Waals surface area (Å²) in [7, 11) is 3.73. The third-order valence-corrected chi connectivity index (χ3v) is 5.70. The van der Waals surface area contributed by atoms with Crippen molar-refractivity contribution in [2.75, 3.05) is 50.6 Å². The fraction of sp³-hybridized carbons (Fsp3) is 0.316. The van der Waals surface area contributed by atoms with Crippen molar-refractivity contribution in [3.8, 4) is 10.9 Å². The summed E-state index contributed by atoms with van der Waals surface area (Å²) in [5.74, 6) is 0.540. The summed E-state index contributed by atoms with van der Waals surface area (Å²) in [6, 6.07) is 10.8. The predicted octanol–water partition coefficient (Wildman–Crippen LogP) is 2.34. The van der Waals surface area contributed by atoms with Crippen molar-refractivity contribution in [1.82, 2.24) is 19.7 Å². The van der Waals surface area contributed by atoms with Crippen molar-refractivity contribution in [3.05, 3.63) is 48.3 Å². The monoisotopic (exact) mass is 398 g/mol. The molecule has 0 aliphatic carbocycles. The van der Waals surface area contributed by atoms with Crippen molar-refractivity contribution in [2.24, 2.45) is 0 Å². The molecule has 0 atom stereocenters. The molecule has 1 saturated heterocycles. The van der Waals surface area contributed by atoms with Crippen LogP contribution in [-0.4, -0.2) is 65.9 Å². The van der Waals surface area contributed by atoms with Crippen molar-refractivity contribution >= 4 is 28.1 Å². The maximum Gasteiger partial charge on any atom is 0.272 e. The van der Waals surface area contributed by atoms with E-state index in [-0.39, 0.29) is 5.91 Å². The third-order valence-electron chi connectivity index (χ3n) is 4.71. The number of amides is 1. The van der Waals surface area contributed by atoms with Gasteiger partial charge in [-0.1, -0.05) is 11.3 Å². The second kappa shape index (κ2) is 7.99. The molecule has 1 aromatic carbocycles. The molecule has 4 rings (SSSR count). The number of ether oxygens (including phenoxy) is 1. The topological polar surface area (TPSA) is 75.5 Å². The molecule has 0 bridgehead atoms. The number of rotatable bonds is 5. The lowest BCUT2D eigenvalue weighted by atomic mass is 10.3. The smallest absolute Gasteiger partial charge is 0.272 e. The molecule has 1 aliphatic heterocycles. The van der Waals surface area contributed by atoms with Crippen LogP contribution in [-0.2, 0) is 0 Å². The van der Waals surface area contributed by atoms with Gasteiger partial charge in [-0.05, 0) is 43.4 Å². The number of likely N-dealkylation sites (N-methyl/N-ethyl adjacent to an activating group) is 1. The molecule has 2 aromatic heterocycles. The Labute approximate surface area is 167 Å². The number of piperazine rings is 1. The van der Waals surface area contributed by atoms with Gasteiger partial charge in [0.15, 0.2) is 0 Å². The number of hydrogen-bond donors (Lipinski definition) is 1. The minimum atomic E-state index is -0.202. The Morgan fingerprint density at radius 3 is 2.50 bits per heavy atom. The van der Waals surface area contributed by atoms with Crippen LogP contribution < -0.4 is 15.0 Å². The minimum absolute atomic E-state index is 0.202. The summed E-state index contributed by atoms with van der Waals surface area (Å²) >= 11 is 1.49. The SMILES string of the molecule is COc1ccc(NC(=O)c2cccn2-c2nnc(N3CCN(C)CC3)s2)cc1. The van der Waals surface area contributed by atoms with Gasteiger partial charge in [0, 0.05) is 38.1 Å². The Bertz CT molecular complexity index is 944. The second-order valence-corrected chi connectivity index (χ2v) is 7.54. The molecule has 8 nitrogen and oxygen atoms in total. The molecular weight excluding hydrogens is 376 g/mol. The van der Waals surface area contributed by atoms with E-state index >= 15 is 0 Å². The number of anilines is 2. The molecule has 28 heavy (non-hydrogen) atoms. The molecule has 0 spiro atoms. The van der Waals surface area contributed by atoms with Gasteiger partial charge in [-0.3, -0.25) is 9.36 Å². The van der Waals surface area contributed by atoms with Crippen molar-refractivity contribution < 1.29 is 9.53 Å². The molecule has 1 N–H and O–H groups in total. The lowest BCUT2D eigenvalue weighted by molar-refractivity contribution is 0.102. The average Bonchev–Trinajstić information content (AvgIpc) is 3.38. The van der Waals surface area contributed by atoms with Crippen molar-refractivity contribution in [3.63, 3.8) is 0 Å². The summed E-state index contributed by atoms with van der Waals surface area (Å²) in [4.78, 5) is 17.3. The Hall–Kier alpha value is -2.91. The highest BCUT2D eigenvalue weighted by atomic mass is 32.1. The van der Waals surface area contributed by atoms with Gasteiger partial charge in [-0.2, -0.15) is 0 Å². The molecule has 9 heteroatoms. The molecular formula is C19H22N6O2S. The second-order valence-electron chi connectivity index (χ2n) is 6.60. The number of carbonyl (C=O) groups excluding carboxylic acids is 1. The van der Waals surface area contributed by atoms with Crippen LogP contribution in [0.1, 0.15) is 10.5 Å². The maximum absolute atomic E-state index is 12.7. The zero-order valence-corrected chi connectivity index (χ0v) is 16.6. The van der Waals surface area contributed by atoms with Crippen molar-refractivity contribution in [2.45, 2.75) is 0 Å². The summed E-state index contributed by atoms with van der Waals surface area (Å²) < 4.78 is 6.92. The Balaban J connectivity index is 1.50. The lowest BCUT2D eigenvalue weighted by Gasteiger charge is -2.31. The van der Waals surface area contributed by atoms with E-state index in [2.05, 4.69) is 32.4 Å². The van der Waals surface area contributed by atoms with E-state index in [0.717, 1.165) is 37.1 Å². The van der Waals surface area contributed by atoms with E-state index in [4.69, 9.17) is 4.74 Å². The molecule has 1 fully saturated rings. The first kappa shape index (κ1) is 18.5. The number of hydrogen-bond acceptors (Lipinski definition) is 7. The molecule has 0 unspecified atom stereocenters. The summed E-state index contributed by atoms with van der Waals surface area (Å²) in [5, 5.41) is 13.1. The normalized spacial score (nSPS) is 14.9. The van der Waals surface area contributed by atoms with E-state index in [1.54, 1.807) is 29.9 Å². The van der Waals surface area contributed by atoms with Gasteiger partial charge in [-0.15, -0.1) is 10.2 Å². The number of carbonyl (C=O) groups is 1. The van der Waals surface area contributed by atoms with Crippen molar-refractivity contribution in [1.29, 1.82) is 0 Å². The van der Waals surface area contributed by atoms with E-state index in [1.807, 2.05) is 24.4 Å². The molecule has 3 heterocycles. The first-order valence-electron chi connectivity index (χ1n) is 9.04. The first-order valence-corrected chi connectivity index (χ1v) is 9.86. The minimum Gasteiger partial charge on any atom is -0.497 e. The van der Waals surface area contributed by atoms with Crippen LogP contribution in [0.2, 0.25) is 0 Å². The molecule has 146 valence electrons. The summed E-state index contributed by atoms with van der Waals surface area (Å²) in [5.41, 5.74) is 1.21. The van der Waals surface area contributed by atoms with Crippen LogP contribution >= 0.6 is 11.3 Å². The highest BCUT2D eigenvalue weighted by Crippen LogP contribution is 2.25. The lowest BCUT2D eigenvalue weighted by Crippen LogP contribution is -2.44. The molecule has 0 saturated carbocycles. The summed E-state index contributed by atoms with van der Waals surface area (Å²) in [6.45, 7) is 3.88. The van der Waals surface area contributed by atoms with Gasteiger partial charge in [-0.25, -0.2) is 0 Å². The number of methoxy groups -OCH3 is 1. The summed E-state index contributed by atoms with van der Waals surface area (Å²) in [6.07, 6.45) is 1.83. The van der Waals surface area contributed by atoms with Gasteiger partial charge in [0.05, 0.1) is 7.11 Å². The van der Waals surface area contributed by atoms with Crippen LogP contribution in [0, 0.1) is 0 Å². The fourth-order valence-corrected chi connectivity index (χ4v) is 3.93. The van der Waals surface area contributed by atoms with Gasteiger partial charge in [0.25, 0.3) is 5.91 Å². The van der Waals surface area contributed by atoms with Gasteiger partial charge in [0.2, 0.25) is 10.3 Å². The van der Waals surface area contributed by atoms with E-state index in [9.17, 15) is 4.79 Å². The molecule has 1 aliphatic rings. The Kier molecular flexibility index (Phi) is 5.27. The van der Waals surface area contributed by atoms with Gasteiger partial charge >= 0.3 is 0 Å². The zero-order valence-electron chi connectivity index (χ0n) is 15.8. The molecule has 3 aromatic rings. The van der Waals surface area contributed by atoms with Gasteiger partial charge in [0.1, 0.15) is 11.4 Å². The molecule has 0 radical (unpaired) electrons. The van der Waals surface area contributed by atoms with Crippen LogP contribution in [0.15, 0.2) is 42.6 Å². The molecule has 1 amide bonds. The largest absolute Gasteiger partial charge is 0.497 e. The van der Waals surface area contributed by atoms with Crippen LogP contribution in [0.3, 0.4) is 0 Å². The van der Waals surface area contributed by atoms with Crippen LogP contribution in [0.4, 0.5) is 10.8 Å². The van der Waals surface area contributed by atoms with E-state index in [0.29, 0.717) is 16.5 Å². The maximum atomic E-state index is 12.7. The van der Waals surface area contributed by atoms with Crippen LogP contribution in [0.5, 0.6) is 5.75 Å². The van der Waals surface area contributed by atoms with E-state index < -0.39 is 0 Å². The van der Waals surface area contributed by atoms with E-state index in [1.165, 1.54) is 11.3 Å². The Morgan fingerprint density at radius 2 is 1.79 bits per heavy atom. The average molecular weight is 398 g/mol. The Morgan fingerprint density at radius 1 is 1.07 bits per heavy atom. The first-order chi connectivity index (χ1) is 13.6. The highest BCUT2D eigenvalue weighted by molar-refractivity contribution is 7.17. The quantitative estimate of drug-likeness (QED) is 0.711. The highest BCUT2D eigenvalue weighted by Gasteiger charge is 2.20. The number of aromatic nitrogens is 3. The fourth-order valence-electron chi connectivity index (χ4n) is 3.03. The zero-order chi connectivity index (χ0) is 19.5. The standard InChI is InChI=1S/C19H22N6O2S/c1-23-10-12-24(13-11-23)18-21-22-19(28-18)25-9-3-4-16(25)17(26)20-14-5-7-15(27-2)8-6-14/h3-9H,10-13H2,1-2H3,(H,20,26).